The molecule has 4 heteroatoms. The number of anilines is 1. The van der Waals surface area contributed by atoms with Gasteiger partial charge in [-0.05, 0) is 42.0 Å². The van der Waals surface area contributed by atoms with Gasteiger partial charge in [-0.3, -0.25) is 4.79 Å². The maximum absolute atomic E-state index is 12.7. The van der Waals surface area contributed by atoms with Gasteiger partial charge in [-0.1, -0.05) is 12.1 Å². The summed E-state index contributed by atoms with van der Waals surface area (Å²) in [6.07, 6.45) is 0. The van der Waals surface area contributed by atoms with Crippen molar-refractivity contribution in [1.29, 1.82) is 0 Å². The summed E-state index contributed by atoms with van der Waals surface area (Å²) in [5, 5.41) is 5.78. The Bertz CT molecular complexity index is 549. The first-order valence-electron chi connectivity index (χ1n) is 5.99. The number of hydrogen-bond donors (Lipinski definition) is 2. The molecule has 98 valence electrons. The van der Waals surface area contributed by atoms with E-state index >= 15 is 0 Å². The van der Waals surface area contributed by atoms with Crippen molar-refractivity contribution in [3.8, 4) is 0 Å². The molecule has 0 atom stereocenters. The van der Waals surface area contributed by atoms with E-state index in [2.05, 4.69) is 10.6 Å². The maximum atomic E-state index is 12.7. The fraction of sp³-hybridized carbons (Fsp3) is 0.133. The third kappa shape index (κ3) is 3.55. The zero-order chi connectivity index (χ0) is 13.7. The first-order valence-corrected chi connectivity index (χ1v) is 5.99. The van der Waals surface area contributed by atoms with Gasteiger partial charge in [0.15, 0.2) is 0 Å². The fourth-order valence-electron chi connectivity index (χ4n) is 1.69. The predicted octanol–water partition coefficient (Wildman–Crippen LogP) is 2.80. The molecule has 19 heavy (non-hydrogen) atoms. The molecule has 0 heterocycles. The van der Waals surface area contributed by atoms with Crippen LogP contribution in [0.15, 0.2) is 48.5 Å². The second-order valence-corrected chi connectivity index (χ2v) is 4.14. The molecule has 0 aliphatic carbocycles. The van der Waals surface area contributed by atoms with E-state index in [1.807, 2.05) is 12.1 Å². The third-order valence-electron chi connectivity index (χ3n) is 2.78. The first kappa shape index (κ1) is 13.1. The van der Waals surface area contributed by atoms with Gasteiger partial charge in [0.1, 0.15) is 5.82 Å². The minimum atomic E-state index is -0.237. The topological polar surface area (TPSA) is 41.1 Å². The highest BCUT2D eigenvalue weighted by Crippen LogP contribution is 2.11. The van der Waals surface area contributed by atoms with Gasteiger partial charge >= 0.3 is 0 Å². The normalized spacial score (nSPS) is 10.0. The van der Waals surface area contributed by atoms with Crippen LogP contribution in [0.4, 0.5) is 10.1 Å². The number of benzene rings is 2. The molecule has 3 nitrogen and oxygen atoms in total. The number of nitrogens with one attached hydrogen (secondary N) is 2. The lowest BCUT2D eigenvalue weighted by molar-refractivity contribution is 0.0963. The Balaban J connectivity index is 1.96. The molecule has 0 saturated heterocycles. The summed E-state index contributed by atoms with van der Waals surface area (Å²) >= 11 is 0. The minimum Gasteiger partial charge on any atom is -0.381 e. The van der Waals surface area contributed by atoms with E-state index in [0.29, 0.717) is 12.1 Å². The largest absolute Gasteiger partial charge is 0.381 e. The Labute approximate surface area is 111 Å². The standard InChI is InChI=1S/C15H15FN2O/c1-17-15(19)12-4-8-14(9-5-12)18-10-11-2-6-13(16)7-3-11/h2-9,18H,10H2,1H3,(H,17,19). The maximum Gasteiger partial charge on any atom is 0.251 e. The van der Waals surface area contributed by atoms with E-state index in [4.69, 9.17) is 0 Å². The molecule has 2 aromatic carbocycles. The van der Waals surface area contributed by atoms with Gasteiger partial charge < -0.3 is 10.6 Å². The molecule has 2 N–H and O–H groups in total. The summed E-state index contributed by atoms with van der Waals surface area (Å²) in [7, 11) is 1.60. The van der Waals surface area contributed by atoms with E-state index in [-0.39, 0.29) is 11.7 Å². The third-order valence-corrected chi connectivity index (χ3v) is 2.78. The summed E-state index contributed by atoms with van der Waals surface area (Å²) in [6.45, 7) is 0.611. The monoisotopic (exact) mass is 258 g/mol. The summed E-state index contributed by atoms with van der Waals surface area (Å²) < 4.78 is 12.7. The zero-order valence-electron chi connectivity index (χ0n) is 10.6. The summed E-state index contributed by atoms with van der Waals surface area (Å²) in [6, 6.07) is 13.5. The molecule has 0 saturated carbocycles. The van der Waals surface area contributed by atoms with Crippen LogP contribution in [-0.2, 0) is 6.54 Å². The molecule has 0 unspecified atom stereocenters. The second-order valence-electron chi connectivity index (χ2n) is 4.14. The van der Waals surface area contributed by atoms with Gasteiger partial charge in [0, 0.05) is 24.8 Å². The van der Waals surface area contributed by atoms with Crippen LogP contribution in [0.25, 0.3) is 0 Å². The van der Waals surface area contributed by atoms with Crippen LogP contribution in [0.3, 0.4) is 0 Å². The molecule has 0 radical (unpaired) electrons. The van der Waals surface area contributed by atoms with Crippen LogP contribution < -0.4 is 10.6 Å². The SMILES string of the molecule is CNC(=O)c1ccc(NCc2ccc(F)cc2)cc1. The number of hydrogen-bond acceptors (Lipinski definition) is 2. The van der Waals surface area contributed by atoms with Crippen molar-refractivity contribution in [2.45, 2.75) is 6.54 Å². The van der Waals surface area contributed by atoms with Crippen molar-refractivity contribution < 1.29 is 9.18 Å². The molecule has 1 amide bonds. The number of amides is 1. The smallest absolute Gasteiger partial charge is 0.251 e. The summed E-state index contributed by atoms with van der Waals surface area (Å²) in [5.41, 5.74) is 2.53. The zero-order valence-corrected chi connectivity index (χ0v) is 10.6. The highest BCUT2D eigenvalue weighted by molar-refractivity contribution is 5.94. The van der Waals surface area contributed by atoms with Crippen molar-refractivity contribution >= 4 is 11.6 Å². The van der Waals surface area contributed by atoms with Gasteiger partial charge in [0.25, 0.3) is 5.91 Å². The van der Waals surface area contributed by atoms with Crippen molar-refractivity contribution in [1.82, 2.24) is 5.32 Å². The molecule has 0 aliphatic rings. The summed E-state index contributed by atoms with van der Waals surface area (Å²) in [5.74, 6) is -0.344. The Morgan fingerprint density at radius 1 is 1.05 bits per heavy atom. The Kier molecular flexibility index (Phi) is 4.13. The van der Waals surface area contributed by atoms with E-state index in [1.165, 1.54) is 12.1 Å². The van der Waals surface area contributed by atoms with E-state index in [1.54, 1.807) is 31.3 Å². The van der Waals surface area contributed by atoms with Crippen LogP contribution >= 0.6 is 0 Å². The molecule has 2 rings (SSSR count). The van der Waals surface area contributed by atoms with Crippen molar-refractivity contribution in [2.75, 3.05) is 12.4 Å². The van der Waals surface area contributed by atoms with Gasteiger partial charge in [-0.25, -0.2) is 4.39 Å². The van der Waals surface area contributed by atoms with Crippen molar-refractivity contribution in [2.24, 2.45) is 0 Å². The van der Waals surface area contributed by atoms with Gasteiger partial charge in [-0.2, -0.15) is 0 Å². The molecule has 0 spiro atoms. The Morgan fingerprint density at radius 2 is 1.68 bits per heavy atom. The van der Waals surface area contributed by atoms with Gasteiger partial charge in [-0.15, -0.1) is 0 Å². The van der Waals surface area contributed by atoms with E-state index < -0.39 is 0 Å². The number of halogens is 1. The average Bonchev–Trinajstić information content (AvgIpc) is 2.46. The molecular weight excluding hydrogens is 243 g/mol. The lowest BCUT2D eigenvalue weighted by atomic mass is 10.2. The lowest BCUT2D eigenvalue weighted by Crippen LogP contribution is -2.17. The minimum absolute atomic E-state index is 0.106. The molecule has 0 aliphatic heterocycles. The lowest BCUT2D eigenvalue weighted by Gasteiger charge is -2.07. The molecule has 0 aromatic heterocycles. The molecule has 2 aromatic rings. The van der Waals surface area contributed by atoms with E-state index in [9.17, 15) is 9.18 Å². The second kappa shape index (κ2) is 6.00. The van der Waals surface area contributed by atoms with Crippen LogP contribution in [0.2, 0.25) is 0 Å². The summed E-state index contributed by atoms with van der Waals surface area (Å²) in [4.78, 5) is 11.4. The first-order chi connectivity index (χ1) is 9.19. The Hall–Kier alpha value is -2.36. The van der Waals surface area contributed by atoms with Crippen molar-refractivity contribution in [3.63, 3.8) is 0 Å². The number of carbonyl (C=O) groups excluding carboxylic acids is 1. The predicted molar refractivity (Wildman–Crippen MR) is 73.6 cm³/mol. The van der Waals surface area contributed by atoms with E-state index in [0.717, 1.165) is 11.3 Å². The number of carbonyl (C=O) groups is 1. The fourth-order valence-corrected chi connectivity index (χ4v) is 1.69. The quantitative estimate of drug-likeness (QED) is 0.885. The van der Waals surface area contributed by atoms with Crippen LogP contribution in [-0.4, -0.2) is 13.0 Å². The molecular formula is C15H15FN2O. The highest BCUT2D eigenvalue weighted by atomic mass is 19.1. The molecule has 0 fully saturated rings. The van der Waals surface area contributed by atoms with Gasteiger partial charge in [0.05, 0.1) is 0 Å². The van der Waals surface area contributed by atoms with Crippen LogP contribution in [0.1, 0.15) is 15.9 Å². The molecule has 0 bridgehead atoms. The number of rotatable bonds is 4. The van der Waals surface area contributed by atoms with Crippen molar-refractivity contribution in [3.05, 3.63) is 65.5 Å². The average molecular weight is 258 g/mol. The van der Waals surface area contributed by atoms with Gasteiger partial charge in [0.2, 0.25) is 0 Å². The van der Waals surface area contributed by atoms with Crippen LogP contribution in [0.5, 0.6) is 0 Å². The highest BCUT2D eigenvalue weighted by Gasteiger charge is 2.02. The van der Waals surface area contributed by atoms with Crippen LogP contribution in [0, 0.1) is 5.82 Å². The Morgan fingerprint density at radius 3 is 2.26 bits per heavy atom.